The van der Waals surface area contributed by atoms with Crippen LogP contribution in [-0.2, 0) is 10.3 Å². The van der Waals surface area contributed by atoms with Crippen LogP contribution in [0, 0.1) is 6.92 Å². The van der Waals surface area contributed by atoms with Crippen LogP contribution in [0.4, 0.5) is 0 Å². The predicted molar refractivity (Wildman–Crippen MR) is 87.1 cm³/mol. The average Bonchev–Trinajstić information content (AvgIpc) is 3.06. The minimum Gasteiger partial charge on any atom is -0.343 e. The zero-order valence-corrected chi connectivity index (χ0v) is 13.7. The topological polar surface area (TPSA) is 72.7 Å². The molecule has 0 saturated heterocycles. The highest BCUT2D eigenvalue weighted by Crippen LogP contribution is 2.37. The van der Waals surface area contributed by atoms with Crippen molar-refractivity contribution in [2.24, 2.45) is 0 Å². The monoisotopic (exact) mass is 313 g/mol. The van der Waals surface area contributed by atoms with E-state index >= 15 is 0 Å². The molecule has 3 rings (SSSR count). The molecule has 6 heteroatoms. The van der Waals surface area contributed by atoms with E-state index < -0.39 is 5.54 Å². The highest BCUT2D eigenvalue weighted by Gasteiger charge is 2.40. The number of benzene rings is 1. The number of hydrogen-bond acceptors (Lipinski definition) is 4. The molecular formula is C17H23N5O. The fourth-order valence-corrected chi connectivity index (χ4v) is 3.36. The molecule has 23 heavy (non-hydrogen) atoms. The number of hydrogen-bond donors (Lipinski definition) is 1. The first-order valence-electron chi connectivity index (χ1n) is 8.32. The van der Waals surface area contributed by atoms with Crippen LogP contribution in [0.3, 0.4) is 0 Å². The summed E-state index contributed by atoms with van der Waals surface area (Å²) in [5.41, 5.74) is 1.61. The summed E-state index contributed by atoms with van der Waals surface area (Å²) in [6.45, 7) is 3.91. The van der Waals surface area contributed by atoms with Crippen LogP contribution in [0.25, 0.3) is 5.69 Å². The van der Waals surface area contributed by atoms with E-state index in [4.69, 9.17) is 0 Å². The Hall–Kier alpha value is -2.24. The van der Waals surface area contributed by atoms with Crippen molar-refractivity contribution in [1.82, 2.24) is 25.5 Å². The molecule has 1 N–H and O–H groups in total. The second-order valence-electron chi connectivity index (χ2n) is 6.25. The Morgan fingerprint density at radius 2 is 2.00 bits per heavy atom. The molecule has 1 aliphatic carbocycles. The van der Waals surface area contributed by atoms with E-state index in [1.807, 2.05) is 38.1 Å². The van der Waals surface area contributed by atoms with Crippen LogP contribution in [0.15, 0.2) is 24.3 Å². The summed E-state index contributed by atoms with van der Waals surface area (Å²) in [6, 6.07) is 8.02. The minimum atomic E-state index is -0.461. The molecule has 122 valence electrons. The lowest BCUT2D eigenvalue weighted by Crippen LogP contribution is -2.48. The second kappa shape index (κ2) is 6.48. The van der Waals surface area contributed by atoms with Crippen molar-refractivity contribution >= 4 is 5.91 Å². The second-order valence-corrected chi connectivity index (χ2v) is 6.25. The van der Waals surface area contributed by atoms with Crippen molar-refractivity contribution in [3.8, 4) is 5.69 Å². The highest BCUT2D eigenvalue weighted by atomic mass is 16.1. The van der Waals surface area contributed by atoms with E-state index in [1.165, 1.54) is 6.42 Å². The number of carbonyl (C=O) groups excluding carboxylic acids is 1. The third-order valence-electron chi connectivity index (χ3n) is 4.65. The molecule has 0 unspecified atom stereocenters. The van der Waals surface area contributed by atoms with Crippen LogP contribution in [-0.4, -0.2) is 26.1 Å². The van der Waals surface area contributed by atoms with Gasteiger partial charge in [-0.25, -0.2) is 0 Å². The molecule has 0 bridgehead atoms. The van der Waals surface area contributed by atoms with Gasteiger partial charge in [-0.15, -0.1) is 5.10 Å². The number of nitrogens with zero attached hydrogens (tertiary/aromatic N) is 4. The van der Waals surface area contributed by atoms with E-state index in [0.717, 1.165) is 42.8 Å². The minimum absolute atomic E-state index is 0.0474. The van der Waals surface area contributed by atoms with E-state index in [0.29, 0.717) is 6.42 Å². The summed E-state index contributed by atoms with van der Waals surface area (Å²) >= 11 is 0. The van der Waals surface area contributed by atoms with Gasteiger partial charge in [0.1, 0.15) is 5.54 Å². The summed E-state index contributed by atoms with van der Waals surface area (Å²) in [4.78, 5) is 12.1. The maximum atomic E-state index is 12.1. The van der Waals surface area contributed by atoms with Crippen molar-refractivity contribution in [3.05, 3.63) is 35.7 Å². The SMILES string of the molecule is CCC(=O)NC1(c2nnnn2-c2ccccc2C)CCCCC1. The number of carbonyl (C=O) groups is 1. The number of aromatic nitrogens is 4. The number of amides is 1. The summed E-state index contributed by atoms with van der Waals surface area (Å²) < 4.78 is 1.79. The van der Waals surface area contributed by atoms with Gasteiger partial charge in [-0.2, -0.15) is 4.68 Å². The van der Waals surface area contributed by atoms with Gasteiger partial charge >= 0.3 is 0 Å². The van der Waals surface area contributed by atoms with Crippen molar-refractivity contribution in [2.45, 2.75) is 57.9 Å². The average molecular weight is 313 g/mol. The smallest absolute Gasteiger partial charge is 0.220 e. The van der Waals surface area contributed by atoms with Gasteiger partial charge in [0.25, 0.3) is 0 Å². The van der Waals surface area contributed by atoms with Gasteiger partial charge in [0.2, 0.25) is 5.91 Å². The quantitative estimate of drug-likeness (QED) is 0.942. The molecule has 1 aromatic carbocycles. The van der Waals surface area contributed by atoms with E-state index in [9.17, 15) is 4.79 Å². The molecule has 1 heterocycles. The number of rotatable bonds is 4. The molecule has 0 radical (unpaired) electrons. The standard InChI is InChI=1S/C17H23N5O/c1-3-15(23)18-17(11-7-4-8-12-17)16-19-20-21-22(16)14-10-6-5-9-13(14)2/h5-6,9-10H,3-4,7-8,11-12H2,1-2H3,(H,18,23). The third-order valence-corrected chi connectivity index (χ3v) is 4.65. The van der Waals surface area contributed by atoms with Crippen LogP contribution in [0.1, 0.15) is 56.8 Å². The summed E-state index contributed by atoms with van der Waals surface area (Å²) in [6.07, 6.45) is 5.56. The lowest BCUT2D eigenvalue weighted by Gasteiger charge is -2.36. The molecule has 6 nitrogen and oxygen atoms in total. The van der Waals surface area contributed by atoms with Crippen molar-refractivity contribution < 1.29 is 4.79 Å². The highest BCUT2D eigenvalue weighted by molar-refractivity contribution is 5.76. The van der Waals surface area contributed by atoms with E-state index in [2.05, 4.69) is 20.8 Å². The molecular weight excluding hydrogens is 290 g/mol. The number of para-hydroxylation sites is 1. The molecule has 1 aliphatic rings. The van der Waals surface area contributed by atoms with E-state index in [-0.39, 0.29) is 5.91 Å². The first-order valence-corrected chi connectivity index (χ1v) is 8.32. The van der Waals surface area contributed by atoms with Gasteiger partial charge in [0, 0.05) is 6.42 Å². The maximum absolute atomic E-state index is 12.1. The van der Waals surface area contributed by atoms with Gasteiger partial charge in [-0.3, -0.25) is 4.79 Å². The fraction of sp³-hybridized carbons (Fsp3) is 0.529. The molecule has 1 amide bonds. The van der Waals surface area contributed by atoms with Crippen molar-refractivity contribution in [2.75, 3.05) is 0 Å². The van der Waals surface area contributed by atoms with Crippen LogP contribution < -0.4 is 5.32 Å². The van der Waals surface area contributed by atoms with Crippen LogP contribution >= 0.6 is 0 Å². The lowest BCUT2D eigenvalue weighted by atomic mass is 9.80. The Morgan fingerprint density at radius 1 is 1.26 bits per heavy atom. The predicted octanol–water partition coefficient (Wildman–Crippen LogP) is 2.66. The van der Waals surface area contributed by atoms with Gasteiger partial charge in [-0.05, 0) is 41.8 Å². The Morgan fingerprint density at radius 3 is 2.70 bits per heavy atom. The largest absolute Gasteiger partial charge is 0.343 e. The number of nitrogens with one attached hydrogen (secondary N) is 1. The number of aryl methyl sites for hydroxylation is 1. The van der Waals surface area contributed by atoms with Crippen molar-refractivity contribution in [3.63, 3.8) is 0 Å². The van der Waals surface area contributed by atoms with Crippen LogP contribution in [0.2, 0.25) is 0 Å². The lowest BCUT2D eigenvalue weighted by molar-refractivity contribution is -0.123. The molecule has 1 aromatic heterocycles. The first kappa shape index (κ1) is 15.6. The maximum Gasteiger partial charge on any atom is 0.220 e. The third kappa shape index (κ3) is 2.98. The van der Waals surface area contributed by atoms with Gasteiger partial charge in [0.15, 0.2) is 5.82 Å². The molecule has 0 atom stereocenters. The Labute approximate surface area is 136 Å². The van der Waals surface area contributed by atoms with E-state index in [1.54, 1.807) is 4.68 Å². The van der Waals surface area contributed by atoms with Gasteiger partial charge in [-0.1, -0.05) is 44.4 Å². The van der Waals surface area contributed by atoms with Gasteiger partial charge < -0.3 is 5.32 Å². The summed E-state index contributed by atoms with van der Waals surface area (Å²) in [5.74, 6) is 0.791. The van der Waals surface area contributed by atoms with Gasteiger partial charge in [0.05, 0.1) is 5.69 Å². The summed E-state index contributed by atoms with van der Waals surface area (Å²) in [5, 5.41) is 15.6. The molecule has 0 aliphatic heterocycles. The molecule has 1 fully saturated rings. The Bertz CT molecular complexity index is 688. The summed E-state index contributed by atoms with van der Waals surface area (Å²) in [7, 11) is 0. The fourth-order valence-electron chi connectivity index (χ4n) is 3.36. The Kier molecular flexibility index (Phi) is 4.41. The first-order chi connectivity index (χ1) is 11.2. The molecule has 2 aromatic rings. The number of tetrazole rings is 1. The normalized spacial score (nSPS) is 17.0. The van der Waals surface area contributed by atoms with Crippen LogP contribution in [0.5, 0.6) is 0 Å². The molecule has 0 spiro atoms. The molecule has 1 saturated carbocycles. The Balaban J connectivity index is 2.06. The zero-order chi connectivity index (χ0) is 16.3. The van der Waals surface area contributed by atoms with Crippen molar-refractivity contribution in [1.29, 1.82) is 0 Å². The zero-order valence-electron chi connectivity index (χ0n) is 13.7.